The minimum Gasteiger partial charge on any atom is -0.495 e. The number of piperazine rings is 1. The quantitative estimate of drug-likeness (QED) is 0.728. The van der Waals surface area contributed by atoms with Crippen LogP contribution in [-0.4, -0.2) is 42.8 Å². The van der Waals surface area contributed by atoms with Gasteiger partial charge in [0.05, 0.1) is 12.8 Å². The van der Waals surface area contributed by atoms with Crippen molar-refractivity contribution in [2.75, 3.05) is 38.2 Å². The molecule has 0 radical (unpaired) electrons. The molecule has 4 rings (SSSR count). The number of methoxy groups -OCH3 is 1. The highest BCUT2D eigenvalue weighted by Gasteiger charge is 2.20. The van der Waals surface area contributed by atoms with Crippen molar-refractivity contribution < 1.29 is 4.74 Å². The van der Waals surface area contributed by atoms with E-state index in [1.165, 1.54) is 22.2 Å². The molecule has 0 bridgehead atoms. The molecule has 0 saturated carbocycles. The number of hydrogen-bond donors (Lipinski definition) is 0. The minimum atomic E-state index is 0.963. The normalized spacial score (nSPS) is 15.7. The molecule has 2 heterocycles. The summed E-state index contributed by atoms with van der Waals surface area (Å²) in [5.41, 5.74) is 3.93. The van der Waals surface area contributed by atoms with Gasteiger partial charge >= 0.3 is 0 Å². The number of aryl methyl sites for hydroxylation is 1. The van der Waals surface area contributed by atoms with E-state index in [2.05, 4.69) is 64.0 Å². The van der Waals surface area contributed by atoms with Gasteiger partial charge in [-0.25, -0.2) is 0 Å². The van der Waals surface area contributed by atoms with Crippen LogP contribution in [-0.2, 0) is 13.6 Å². The van der Waals surface area contributed by atoms with E-state index in [9.17, 15) is 0 Å². The molecule has 2 aromatic carbocycles. The van der Waals surface area contributed by atoms with E-state index in [4.69, 9.17) is 4.74 Å². The Hall–Kier alpha value is -2.46. The molecule has 4 nitrogen and oxygen atoms in total. The summed E-state index contributed by atoms with van der Waals surface area (Å²) < 4.78 is 7.75. The predicted molar refractivity (Wildman–Crippen MR) is 103 cm³/mol. The Bertz CT molecular complexity index is 862. The summed E-state index contributed by atoms with van der Waals surface area (Å²) in [6, 6.07) is 17.0. The van der Waals surface area contributed by atoms with Crippen LogP contribution in [0.5, 0.6) is 5.75 Å². The maximum Gasteiger partial charge on any atom is 0.142 e. The maximum atomic E-state index is 5.51. The summed E-state index contributed by atoms with van der Waals surface area (Å²) >= 11 is 0. The van der Waals surface area contributed by atoms with Gasteiger partial charge in [-0.3, -0.25) is 4.90 Å². The summed E-state index contributed by atoms with van der Waals surface area (Å²) in [6.07, 6.45) is 2.28. The third-order valence-electron chi connectivity index (χ3n) is 5.17. The first-order valence-corrected chi connectivity index (χ1v) is 8.89. The zero-order valence-electron chi connectivity index (χ0n) is 15.0. The van der Waals surface area contributed by atoms with Crippen LogP contribution in [0.4, 0.5) is 5.69 Å². The Morgan fingerprint density at radius 3 is 2.44 bits per heavy atom. The molecule has 0 amide bonds. The maximum absolute atomic E-state index is 5.51. The molecule has 0 atom stereocenters. The smallest absolute Gasteiger partial charge is 0.142 e. The van der Waals surface area contributed by atoms with Gasteiger partial charge in [0.2, 0.25) is 0 Å². The van der Waals surface area contributed by atoms with Crippen molar-refractivity contribution in [3.63, 3.8) is 0 Å². The molecular weight excluding hydrogens is 310 g/mol. The number of ether oxygens (including phenoxy) is 1. The van der Waals surface area contributed by atoms with Gasteiger partial charge in [-0.05, 0) is 23.8 Å². The van der Waals surface area contributed by atoms with Gasteiger partial charge < -0.3 is 14.2 Å². The fourth-order valence-electron chi connectivity index (χ4n) is 3.83. The number of fused-ring (bicyclic) bond motifs is 1. The van der Waals surface area contributed by atoms with Crippen molar-refractivity contribution >= 4 is 16.6 Å². The summed E-state index contributed by atoms with van der Waals surface area (Å²) in [5.74, 6) is 0.963. The van der Waals surface area contributed by atoms with Crippen molar-refractivity contribution in [1.29, 1.82) is 0 Å². The Balaban J connectivity index is 1.45. The van der Waals surface area contributed by atoms with Crippen LogP contribution in [0.3, 0.4) is 0 Å². The highest BCUT2D eigenvalue weighted by atomic mass is 16.5. The number of hydrogen-bond acceptors (Lipinski definition) is 3. The third-order valence-corrected chi connectivity index (χ3v) is 5.17. The van der Waals surface area contributed by atoms with Crippen LogP contribution < -0.4 is 9.64 Å². The molecule has 0 unspecified atom stereocenters. The average Bonchev–Trinajstić information content (AvgIpc) is 2.98. The summed E-state index contributed by atoms with van der Waals surface area (Å²) in [5, 5.41) is 1.37. The number of anilines is 1. The first-order valence-electron chi connectivity index (χ1n) is 8.89. The number of rotatable bonds is 4. The molecule has 0 spiro atoms. The van der Waals surface area contributed by atoms with E-state index in [1.54, 1.807) is 7.11 Å². The number of benzene rings is 2. The average molecular weight is 335 g/mol. The van der Waals surface area contributed by atoms with Crippen molar-refractivity contribution in [2.45, 2.75) is 6.54 Å². The molecule has 1 aliphatic rings. The lowest BCUT2D eigenvalue weighted by Gasteiger charge is -2.36. The zero-order valence-corrected chi connectivity index (χ0v) is 15.0. The monoisotopic (exact) mass is 335 g/mol. The minimum absolute atomic E-state index is 0.963. The van der Waals surface area contributed by atoms with E-state index in [1.807, 2.05) is 12.1 Å². The van der Waals surface area contributed by atoms with Crippen LogP contribution in [0.15, 0.2) is 54.7 Å². The molecule has 130 valence electrons. The lowest BCUT2D eigenvalue weighted by molar-refractivity contribution is 0.250. The molecule has 3 aromatic rings. The second-order valence-corrected chi connectivity index (χ2v) is 6.72. The SMILES string of the molecule is COc1ccccc1N1CCN(Cc2cn(C)c3ccccc23)CC1. The topological polar surface area (TPSA) is 20.6 Å². The lowest BCUT2D eigenvalue weighted by atomic mass is 10.1. The van der Waals surface area contributed by atoms with Gasteiger partial charge in [-0.2, -0.15) is 0 Å². The fraction of sp³-hybridized carbons (Fsp3) is 0.333. The second kappa shape index (κ2) is 6.81. The van der Waals surface area contributed by atoms with E-state index in [0.717, 1.165) is 38.5 Å². The van der Waals surface area contributed by atoms with Gasteiger partial charge in [-0.1, -0.05) is 30.3 Å². The van der Waals surface area contributed by atoms with Gasteiger partial charge in [0, 0.05) is 56.9 Å². The number of nitrogens with zero attached hydrogens (tertiary/aromatic N) is 3. The van der Waals surface area contributed by atoms with Gasteiger partial charge in [-0.15, -0.1) is 0 Å². The second-order valence-electron chi connectivity index (χ2n) is 6.72. The van der Waals surface area contributed by atoms with Gasteiger partial charge in [0.15, 0.2) is 0 Å². The number of para-hydroxylation sites is 3. The molecule has 0 N–H and O–H groups in total. The molecule has 1 saturated heterocycles. The lowest BCUT2D eigenvalue weighted by Crippen LogP contribution is -2.46. The summed E-state index contributed by atoms with van der Waals surface area (Å²) in [7, 11) is 3.88. The first kappa shape index (κ1) is 16.0. The van der Waals surface area contributed by atoms with Crippen LogP contribution in [0.2, 0.25) is 0 Å². The summed E-state index contributed by atoms with van der Waals surface area (Å²) in [6.45, 7) is 5.22. The largest absolute Gasteiger partial charge is 0.495 e. The van der Waals surface area contributed by atoms with E-state index in [-0.39, 0.29) is 0 Å². The fourth-order valence-corrected chi connectivity index (χ4v) is 3.83. The van der Waals surface area contributed by atoms with Crippen molar-refractivity contribution in [3.05, 3.63) is 60.3 Å². The van der Waals surface area contributed by atoms with Crippen LogP contribution >= 0.6 is 0 Å². The Morgan fingerprint density at radius 1 is 0.920 bits per heavy atom. The highest BCUT2D eigenvalue weighted by Crippen LogP contribution is 2.29. The Labute approximate surface area is 149 Å². The van der Waals surface area contributed by atoms with Crippen molar-refractivity contribution in [2.24, 2.45) is 7.05 Å². The standard InChI is InChI=1S/C21H25N3O/c1-22-15-17(18-7-3-4-8-19(18)22)16-23-11-13-24(14-12-23)20-9-5-6-10-21(20)25-2/h3-10,15H,11-14,16H2,1-2H3. The number of aromatic nitrogens is 1. The third kappa shape index (κ3) is 3.10. The van der Waals surface area contributed by atoms with Gasteiger partial charge in [0.25, 0.3) is 0 Å². The molecule has 0 aliphatic carbocycles. The van der Waals surface area contributed by atoms with Crippen molar-refractivity contribution in [3.8, 4) is 5.75 Å². The van der Waals surface area contributed by atoms with E-state index in [0.29, 0.717) is 0 Å². The van der Waals surface area contributed by atoms with Crippen molar-refractivity contribution in [1.82, 2.24) is 9.47 Å². The molecule has 25 heavy (non-hydrogen) atoms. The predicted octanol–water partition coefficient (Wildman–Crippen LogP) is 3.51. The van der Waals surface area contributed by atoms with E-state index >= 15 is 0 Å². The van der Waals surface area contributed by atoms with Crippen LogP contribution in [0, 0.1) is 0 Å². The molecule has 1 aromatic heterocycles. The highest BCUT2D eigenvalue weighted by molar-refractivity contribution is 5.83. The molecule has 1 aliphatic heterocycles. The van der Waals surface area contributed by atoms with Gasteiger partial charge in [0.1, 0.15) is 5.75 Å². The molecular formula is C21H25N3O. The Morgan fingerprint density at radius 2 is 1.64 bits per heavy atom. The zero-order chi connectivity index (χ0) is 17.2. The Kier molecular flexibility index (Phi) is 4.36. The molecule has 1 fully saturated rings. The van der Waals surface area contributed by atoms with Crippen LogP contribution in [0.25, 0.3) is 10.9 Å². The van der Waals surface area contributed by atoms with E-state index < -0.39 is 0 Å². The van der Waals surface area contributed by atoms with Crippen LogP contribution in [0.1, 0.15) is 5.56 Å². The summed E-state index contributed by atoms with van der Waals surface area (Å²) in [4.78, 5) is 4.98. The first-order chi connectivity index (χ1) is 12.3. The molecule has 4 heteroatoms.